The van der Waals surface area contributed by atoms with Crippen molar-refractivity contribution in [3.05, 3.63) is 24.3 Å². The number of aromatic nitrogens is 3. The lowest BCUT2D eigenvalue weighted by molar-refractivity contribution is -0.122. The van der Waals surface area contributed by atoms with Crippen LogP contribution < -0.4 is 20.4 Å². The van der Waals surface area contributed by atoms with Gasteiger partial charge in [-0.3, -0.25) is 4.79 Å². The van der Waals surface area contributed by atoms with E-state index in [1.54, 1.807) is 4.68 Å². The zero-order valence-electron chi connectivity index (χ0n) is 17.5. The summed E-state index contributed by atoms with van der Waals surface area (Å²) >= 11 is 0. The fourth-order valence-corrected chi connectivity index (χ4v) is 4.25. The number of anilines is 2. The van der Waals surface area contributed by atoms with Crippen molar-refractivity contribution < 1.29 is 4.79 Å². The summed E-state index contributed by atoms with van der Waals surface area (Å²) in [4.78, 5) is 21.7. The molecule has 9 heteroatoms. The third-order valence-corrected chi connectivity index (χ3v) is 5.76. The molecule has 2 atom stereocenters. The summed E-state index contributed by atoms with van der Waals surface area (Å²) in [5.41, 5.74) is 2.16. The van der Waals surface area contributed by atoms with E-state index in [2.05, 4.69) is 51.8 Å². The first kappa shape index (κ1) is 20.2. The Morgan fingerprint density at radius 3 is 2.73 bits per heavy atom. The maximum Gasteiger partial charge on any atom is 0.243 e. The minimum absolute atomic E-state index is 0.0149. The Morgan fingerprint density at radius 2 is 2.03 bits per heavy atom. The average molecular weight is 409 g/mol. The van der Waals surface area contributed by atoms with Crippen LogP contribution >= 0.6 is 0 Å². The summed E-state index contributed by atoms with van der Waals surface area (Å²) < 4.78 is 1.74. The smallest absolute Gasteiger partial charge is 0.243 e. The first-order valence-corrected chi connectivity index (χ1v) is 10.4. The summed E-state index contributed by atoms with van der Waals surface area (Å²) in [6, 6.07) is 9.98. The number of carbonyl (C=O) groups is 1. The SMILES string of the molecule is C[C@H]1C[C@@H](C(=O)NCC#N)N(c2nc(-c3ccc(N4CCNCC4)cc3)nn2C)C1. The number of benzene rings is 1. The van der Waals surface area contributed by atoms with Crippen LogP contribution in [0.25, 0.3) is 11.4 Å². The molecular formula is C21H28N8O. The van der Waals surface area contributed by atoms with Crippen molar-refractivity contribution in [2.24, 2.45) is 13.0 Å². The highest BCUT2D eigenvalue weighted by Crippen LogP contribution is 2.30. The van der Waals surface area contributed by atoms with E-state index in [9.17, 15) is 4.79 Å². The second kappa shape index (κ2) is 8.71. The summed E-state index contributed by atoms with van der Waals surface area (Å²) in [5, 5.41) is 19.4. The van der Waals surface area contributed by atoms with Crippen LogP contribution in [-0.4, -0.2) is 66.0 Å². The molecule has 1 amide bonds. The predicted molar refractivity (Wildman–Crippen MR) is 115 cm³/mol. The molecule has 158 valence electrons. The van der Waals surface area contributed by atoms with Crippen molar-refractivity contribution in [1.82, 2.24) is 25.4 Å². The molecule has 4 rings (SSSR count). The Hall–Kier alpha value is -3.12. The largest absolute Gasteiger partial charge is 0.369 e. The topological polar surface area (TPSA) is 102 Å². The van der Waals surface area contributed by atoms with Gasteiger partial charge in [0.05, 0.1) is 6.07 Å². The number of aryl methyl sites for hydroxylation is 1. The van der Waals surface area contributed by atoms with Crippen molar-refractivity contribution in [2.75, 3.05) is 49.1 Å². The summed E-state index contributed by atoms with van der Waals surface area (Å²) in [6.07, 6.45) is 0.735. The predicted octanol–water partition coefficient (Wildman–Crippen LogP) is 0.746. The number of nitrogens with zero attached hydrogens (tertiary/aromatic N) is 6. The zero-order chi connectivity index (χ0) is 21.1. The van der Waals surface area contributed by atoms with E-state index in [0.717, 1.165) is 44.7 Å². The lowest BCUT2D eigenvalue weighted by atomic mass is 10.1. The second-order valence-corrected chi connectivity index (χ2v) is 8.03. The second-order valence-electron chi connectivity index (χ2n) is 8.03. The number of carbonyl (C=O) groups excluding carboxylic acids is 1. The Bertz CT molecular complexity index is 925. The third-order valence-electron chi connectivity index (χ3n) is 5.76. The molecule has 30 heavy (non-hydrogen) atoms. The highest BCUT2D eigenvalue weighted by Gasteiger charge is 2.37. The lowest BCUT2D eigenvalue weighted by Crippen LogP contribution is -2.44. The standard InChI is InChI=1S/C21H28N8O/c1-15-13-18(20(30)24-8-7-22)29(14-15)21-25-19(26-27(21)2)16-3-5-17(6-4-16)28-11-9-23-10-12-28/h3-6,15,18,23H,8-14H2,1-2H3,(H,24,30)/t15-,18-/m0/s1. The molecule has 0 spiro atoms. The molecule has 2 aromatic rings. The number of piperazine rings is 1. The van der Waals surface area contributed by atoms with Crippen molar-refractivity contribution in [2.45, 2.75) is 19.4 Å². The van der Waals surface area contributed by atoms with Crippen molar-refractivity contribution in [1.29, 1.82) is 5.26 Å². The van der Waals surface area contributed by atoms with Crippen LogP contribution in [0.4, 0.5) is 11.6 Å². The van der Waals surface area contributed by atoms with Gasteiger partial charge in [0.1, 0.15) is 12.6 Å². The molecular weight excluding hydrogens is 380 g/mol. The molecule has 0 radical (unpaired) electrons. The molecule has 2 saturated heterocycles. The quantitative estimate of drug-likeness (QED) is 0.704. The zero-order valence-corrected chi connectivity index (χ0v) is 17.5. The fourth-order valence-electron chi connectivity index (χ4n) is 4.25. The van der Waals surface area contributed by atoms with Gasteiger partial charge in [0.15, 0.2) is 5.82 Å². The minimum atomic E-state index is -0.334. The van der Waals surface area contributed by atoms with E-state index < -0.39 is 0 Å². The van der Waals surface area contributed by atoms with E-state index in [0.29, 0.717) is 17.7 Å². The van der Waals surface area contributed by atoms with Gasteiger partial charge < -0.3 is 20.4 Å². The van der Waals surface area contributed by atoms with Crippen LogP contribution in [0.3, 0.4) is 0 Å². The molecule has 0 bridgehead atoms. The van der Waals surface area contributed by atoms with Gasteiger partial charge in [-0.25, -0.2) is 4.68 Å². The summed E-state index contributed by atoms with van der Waals surface area (Å²) in [6.45, 7) is 6.90. The molecule has 1 aromatic heterocycles. The van der Waals surface area contributed by atoms with Gasteiger partial charge in [0, 0.05) is 51.0 Å². The monoisotopic (exact) mass is 408 g/mol. The molecule has 1 aromatic carbocycles. The van der Waals surface area contributed by atoms with Gasteiger partial charge >= 0.3 is 0 Å². The first-order chi connectivity index (χ1) is 14.6. The van der Waals surface area contributed by atoms with Crippen LogP contribution in [0.2, 0.25) is 0 Å². The number of hydrogen-bond acceptors (Lipinski definition) is 7. The van der Waals surface area contributed by atoms with Crippen LogP contribution in [0.1, 0.15) is 13.3 Å². The number of nitriles is 1. The Balaban J connectivity index is 1.54. The average Bonchev–Trinajstić information content (AvgIpc) is 3.35. The molecule has 2 aliphatic heterocycles. The van der Waals surface area contributed by atoms with Crippen molar-refractivity contribution >= 4 is 17.5 Å². The summed E-state index contributed by atoms with van der Waals surface area (Å²) in [5.74, 6) is 1.56. The van der Waals surface area contributed by atoms with E-state index in [1.165, 1.54) is 5.69 Å². The van der Waals surface area contributed by atoms with Gasteiger partial charge in [-0.1, -0.05) is 6.92 Å². The van der Waals surface area contributed by atoms with Crippen LogP contribution in [0.5, 0.6) is 0 Å². The lowest BCUT2D eigenvalue weighted by Gasteiger charge is -2.29. The van der Waals surface area contributed by atoms with Gasteiger partial charge in [-0.2, -0.15) is 10.2 Å². The van der Waals surface area contributed by atoms with Crippen molar-refractivity contribution in [3.8, 4) is 17.5 Å². The van der Waals surface area contributed by atoms with Crippen LogP contribution in [0.15, 0.2) is 24.3 Å². The number of rotatable bonds is 5. The maximum absolute atomic E-state index is 12.5. The highest BCUT2D eigenvalue weighted by molar-refractivity contribution is 5.85. The normalized spacial score (nSPS) is 21.5. The summed E-state index contributed by atoms with van der Waals surface area (Å²) in [7, 11) is 1.86. The molecule has 0 aliphatic carbocycles. The molecule has 2 fully saturated rings. The van der Waals surface area contributed by atoms with Crippen LogP contribution in [0, 0.1) is 17.2 Å². The van der Waals surface area contributed by atoms with E-state index in [1.807, 2.05) is 18.0 Å². The highest BCUT2D eigenvalue weighted by atomic mass is 16.2. The molecule has 2 N–H and O–H groups in total. The number of amides is 1. The number of hydrogen-bond donors (Lipinski definition) is 2. The number of nitrogens with one attached hydrogen (secondary N) is 2. The van der Waals surface area contributed by atoms with Gasteiger partial charge in [0.2, 0.25) is 11.9 Å². The third kappa shape index (κ3) is 4.09. The van der Waals surface area contributed by atoms with Gasteiger partial charge in [-0.15, -0.1) is 5.10 Å². The Labute approximate surface area is 176 Å². The first-order valence-electron chi connectivity index (χ1n) is 10.4. The van der Waals surface area contributed by atoms with Gasteiger partial charge in [-0.05, 0) is 36.6 Å². The molecule has 3 heterocycles. The van der Waals surface area contributed by atoms with E-state index in [-0.39, 0.29) is 18.5 Å². The molecule has 2 aliphatic rings. The van der Waals surface area contributed by atoms with Gasteiger partial charge in [0.25, 0.3) is 0 Å². The maximum atomic E-state index is 12.5. The Morgan fingerprint density at radius 1 is 1.30 bits per heavy atom. The molecule has 9 nitrogen and oxygen atoms in total. The Kier molecular flexibility index (Phi) is 5.86. The minimum Gasteiger partial charge on any atom is -0.369 e. The molecule has 0 unspecified atom stereocenters. The molecule has 0 saturated carbocycles. The fraction of sp³-hybridized carbons (Fsp3) is 0.524. The van der Waals surface area contributed by atoms with Crippen molar-refractivity contribution in [3.63, 3.8) is 0 Å². The van der Waals surface area contributed by atoms with E-state index >= 15 is 0 Å². The van der Waals surface area contributed by atoms with Crippen LogP contribution in [-0.2, 0) is 11.8 Å². The van der Waals surface area contributed by atoms with E-state index in [4.69, 9.17) is 10.2 Å².